The highest BCUT2D eigenvalue weighted by Crippen LogP contribution is 2.30. The van der Waals surface area contributed by atoms with Crippen molar-refractivity contribution in [2.75, 3.05) is 36.2 Å². The lowest BCUT2D eigenvalue weighted by molar-refractivity contribution is 0.0657. The van der Waals surface area contributed by atoms with Gasteiger partial charge in [0.25, 0.3) is 0 Å². The molecule has 1 atom stereocenters. The van der Waals surface area contributed by atoms with Crippen LogP contribution >= 0.6 is 24.0 Å². The molecule has 0 saturated heterocycles. The van der Waals surface area contributed by atoms with Gasteiger partial charge in [0.05, 0.1) is 18.0 Å². The first-order valence-electron chi connectivity index (χ1n) is 10.5. The molecule has 0 fully saturated rings. The van der Waals surface area contributed by atoms with Crippen molar-refractivity contribution in [2.45, 2.75) is 39.7 Å². The highest BCUT2D eigenvalue weighted by atomic mass is 127. The molecule has 0 bridgehead atoms. The van der Waals surface area contributed by atoms with E-state index in [2.05, 4.69) is 15.6 Å². The molecule has 1 aliphatic heterocycles. The number of aliphatic imine (C=N–C) groups is 1. The summed E-state index contributed by atoms with van der Waals surface area (Å²) in [5.74, 6) is 1.79. The van der Waals surface area contributed by atoms with Crippen LogP contribution in [-0.2, 0) is 22.0 Å². The van der Waals surface area contributed by atoms with E-state index in [1.54, 1.807) is 6.92 Å². The van der Waals surface area contributed by atoms with Crippen LogP contribution in [-0.4, -0.2) is 51.4 Å². The Morgan fingerprint density at radius 1 is 1.28 bits per heavy atom. The number of fused-ring (bicyclic) bond motifs is 1. The minimum absolute atomic E-state index is 0. The summed E-state index contributed by atoms with van der Waals surface area (Å²) in [6.45, 7) is 8.66. The predicted octanol–water partition coefficient (Wildman–Crippen LogP) is 2.67. The molecule has 178 valence electrons. The number of hydrogen-bond donors (Lipinski definition) is 3. The van der Waals surface area contributed by atoms with Crippen molar-refractivity contribution in [1.29, 1.82) is 0 Å². The van der Waals surface area contributed by atoms with Crippen LogP contribution in [0.4, 0.5) is 5.69 Å². The van der Waals surface area contributed by atoms with Gasteiger partial charge in [-0.2, -0.15) is 0 Å². The number of anilines is 1. The molecule has 3 rings (SSSR count). The van der Waals surface area contributed by atoms with Gasteiger partial charge in [-0.05, 0) is 51.8 Å². The lowest BCUT2D eigenvalue weighted by Crippen LogP contribution is -2.42. The van der Waals surface area contributed by atoms with E-state index < -0.39 is 15.6 Å². The van der Waals surface area contributed by atoms with E-state index in [9.17, 15) is 13.5 Å². The molecule has 1 aliphatic rings. The Bertz CT molecular complexity index is 1050. The molecule has 3 N–H and O–H groups in total. The Kier molecular flexibility index (Phi) is 9.00. The zero-order valence-corrected chi connectivity index (χ0v) is 22.2. The fourth-order valence-corrected chi connectivity index (χ4v) is 5.26. The number of nitrogens with zero attached hydrogens (tertiary/aromatic N) is 2. The minimum Gasteiger partial charge on any atom is -0.466 e. The van der Waals surface area contributed by atoms with Crippen LogP contribution < -0.4 is 14.9 Å². The molecule has 1 unspecified atom stereocenters. The van der Waals surface area contributed by atoms with Crippen LogP contribution in [0.25, 0.3) is 0 Å². The van der Waals surface area contributed by atoms with Crippen molar-refractivity contribution in [3.05, 3.63) is 53.0 Å². The number of benzene rings is 1. The first kappa shape index (κ1) is 26.5. The number of sulfonamides is 1. The van der Waals surface area contributed by atoms with Gasteiger partial charge in [-0.1, -0.05) is 18.2 Å². The molecule has 0 saturated carbocycles. The van der Waals surface area contributed by atoms with Gasteiger partial charge in [0.1, 0.15) is 17.1 Å². The molecular formula is C22H33IN4O4S. The Morgan fingerprint density at radius 2 is 2.00 bits per heavy atom. The highest BCUT2D eigenvalue weighted by molar-refractivity contribution is 14.0. The number of para-hydroxylation sites is 1. The summed E-state index contributed by atoms with van der Waals surface area (Å²) in [5, 5.41) is 17.0. The van der Waals surface area contributed by atoms with Crippen LogP contribution in [0.5, 0.6) is 0 Å². The van der Waals surface area contributed by atoms with Crippen molar-refractivity contribution in [2.24, 2.45) is 4.99 Å². The zero-order chi connectivity index (χ0) is 22.6. The maximum Gasteiger partial charge on any atom is 0.236 e. The molecule has 2 aromatic rings. The topological polar surface area (TPSA) is 107 Å². The standard InChI is InChI=1S/C22H32N4O4S.HI/c1-5-23-21(25-15-22(4,27)19-14-16(2)30-17(19)3)24-11-13-31(28,29)26-12-10-18-8-6-7-9-20(18)26;/h6-9,14,27H,5,10-13,15H2,1-4H3,(H2,23,24,25);1H. The van der Waals surface area contributed by atoms with E-state index in [0.717, 1.165) is 23.4 Å². The third-order valence-corrected chi connectivity index (χ3v) is 7.11. The Balaban J connectivity index is 0.00000363. The SMILES string of the molecule is CCNC(=NCC(C)(O)c1cc(C)oc1C)NCCS(=O)(=O)N1CCc2ccccc21.I. The van der Waals surface area contributed by atoms with Gasteiger partial charge in [0.15, 0.2) is 5.96 Å². The summed E-state index contributed by atoms with van der Waals surface area (Å²) in [6, 6.07) is 9.41. The van der Waals surface area contributed by atoms with Gasteiger partial charge in [-0.3, -0.25) is 4.31 Å². The fraction of sp³-hybridized carbons (Fsp3) is 0.500. The number of hydrogen-bond acceptors (Lipinski definition) is 5. The van der Waals surface area contributed by atoms with E-state index in [1.165, 1.54) is 4.31 Å². The molecular weight excluding hydrogens is 543 g/mol. The fourth-order valence-electron chi connectivity index (χ4n) is 3.83. The summed E-state index contributed by atoms with van der Waals surface area (Å²) < 4.78 is 32.7. The van der Waals surface area contributed by atoms with Crippen molar-refractivity contribution < 1.29 is 17.9 Å². The Morgan fingerprint density at radius 3 is 2.66 bits per heavy atom. The smallest absolute Gasteiger partial charge is 0.236 e. The molecule has 0 aliphatic carbocycles. The number of guanidine groups is 1. The van der Waals surface area contributed by atoms with Gasteiger partial charge in [-0.25, -0.2) is 13.4 Å². The molecule has 1 aromatic heterocycles. The first-order chi connectivity index (χ1) is 14.6. The number of aliphatic hydroxyl groups is 1. The number of furan rings is 1. The molecule has 0 amide bonds. The van der Waals surface area contributed by atoms with Gasteiger partial charge in [0, 0.05) is 25.2 Å². The number of nitrogens with one attached hydrogen (secondary N) is 2. The minimum atomic E-state index is -3.45. The molecule has 10 heteroatoms. The van der Waals surface area contributed by atoms with Crippen LogP contribution in [0.3, 0.4) is 0 Å². The number of aryl methyl sites for hydroxylation is 2. The van der Waals surface area contributed by atoms with Gasteiger partial charge < -0.3 is 20.2 Å². The monoisotopic (exact) mass is 576 g/mol. The number of rotatable bonds is 8. The first-order valence-corrected chi connectivity index (χ1v) is 12.2. The van der Waals surface area contributed by atoms with E-state index >= 15 is 0 Å². The number of halogens is 1. The van der Waals surface area contributed by atoms with Crippen molar-refractivity contribution in [3.8, 4) is 0 Å². The van der Waals surface area contributed by atoms with Crippen molar-refractivity contribution >= 4 is 45.6 Å². The van der Waals surface area contributed by atoms with E-state index in [4.69, 9.17) is 4.42 Å². The molecule has 0 spiro atoms. The molecule has 8 nitrogen and oxygen atoms in total. The van der Waals surface area contributed by atoms with E-state index in [-0.39, 0.29) is 42.8 Å². The molecule has 32 heavy (non-hydrogen) atoms. The predicted molar refractivity (Wildman–Crippen MR) is 138 cm³/mol. The summed E-state index contributed by atoms with van der Waals surface area (Å²) in [6.07, 6.45) is 0.731. The Hall–Kier alpha value is -1.79. The quantitative estimate of drug-likeness (QED) is 0.254. The molecule has 1 aromatic carbocycles. The van der Waals surface area contributed by atoms with Crippen LogP contribution in [0.1, 0.15) is 36.5 Å². The molecule has 0 radical (unpaired) electrons. The van der Waals surface area contributed by atoms with Crippen molar-refractivity contribution in [3.63, 3.8) is 0 Å². The van der Waals surface area contributed by atoms with Crippen molar-refractivity contribution in [1.82, 2.24) is 10.6 Å². The van der Waals surface area contributed by atoms with Crippen LogP contribution in [0.2, 0.25) is 0 Å². The third-order valence-electron chi connectivity index (χ3n) is 5.34. The third kappa shape index (κ3) is 6.16. The lowest BCUT2D eigenvalue weighted by Gasteiger charge is -2.22. The Labute approximate surface area is 207 Å². The maximum absolute atomic E-state index is 12.9. The van der Waals surface area contributed by atoms with Gasteiger partial charge in [0.2, 0.25) is 10.0 Å². The van der Waals surface area contributed by atoms with E-state index in [1.807, 2.05) is 51.1 Å². The molecule has 2 heterocycles. The highest BCUT2D eigenvalue weighted by Gasteiger charge is 2.29. The summed E-state index contributed by atoms with van der Waals surface area (Å²) >= 11 is 0. The maximum atomic E-state index is 12.9. The zero-order valence-electron chi connectivity index (χ0n) is 19.0. The normalized spacial score (nSPS) is 15.7. The van der Waals surface area contributed by atoms with Gasteiger partial charge in [-0.15, -0.1) is 24.0 Å². The second kappa shape index (κ2) is 10.9. The summed E-state index contributed by atoms with van der Waals surface area (Å²) in [4.78, 5) is 4.46. The summed E-state index contributed by atoms with van der Waals surface area (Å²) in [5.41, 5.74) is 1.32. The van der Waals surface area contributed by atoms with Crippen LogP contribution in [0, 0.1) is 13.8 Å². The van der Waals surface area contributed by atoms with Gasteiger partial charge >= 0.3 is 0 Å². The second-order valence-electron chi connectivity index (χ2n) is 7.99. The summed E-state index contributed by atoms with van der Waals surface area (Å²) in [7, 11) is -3.45. The largest absolute Gasteiger partial charge is 0.466 e. The van der Waals surface area contributed by atoms with Crippen LogP contribution in [0.15, 0.2) is 39.7 Å². The average Bonchev–Trinajstić information content (AvgIpc) is 3.29. The van der Waals surface area contributed by atoms with E-state index in [0.29, 0.717) is 30.4 Å². The lowest BCUT2D eigenvalue weighted by atomic mass is 9.96. The second-order valence-corrected chi connectivity index (χ2v) is 10.0. The average molecular weight is 577 g/mol.